The van der Waals surface area contributed by atoms with Crippen LogP contribution in [0.1, 0.15) is 25.5 Å². The maximum absolute atomic E-state index is 5.80. The molecule has 0 aromatic carbocycles. The van der Waals surface area contributed by atoms with Gasteiger partial charge in [-0.2, -0.15) is 0 Å². The van der Waals surface area contributed by atoms with Crippen molar-refractivity contribution in [1.82, 2.24) is 4.98 Å². The van der Waals surface area contributed by atoms with Crippen molar-refractivity contribution >= 4 is 0 Å². The van der Waals surface area contributed by atoms with Crippen molar-refractivity contribution in [1.29, 1.82) is 0 Å². The Morgan fingerprint density at radius 2 is 2.33 bits per heavy atom. The van der Waals surface area contributed by atoms with Crippen LogP contribution in [0.3, 0.4) is 0 Å². The fourth-order valence-electron chi connectivity index (χ4n) is 1.95. The Hall–Kier alpha value is -0.930. The first-order valence-corrected chi connectivity index (χ1v) is 5.48. The van der Waals surface area contributed by atoms with Gasteiger partial charge in [0, 0.05) is 12.2 Å². The molecule has 1 fully saturated rings. The van der Waals surface area contributed by atoms with E-state index in [9.17, 15) is 0 Å². The number of hydrogen-bond donors (Lipinski definition) is 1. The van der Waals surface area contributed by atoms with E-state index in [-0.39, 0.29) is 11.5 Å². The molecule has 0 aliphatic carbocycles. The van der Waals surface area contributed by atoms with Crippen molar-refractivity contribution in [2.75, 3.05) is 13.2 Å². The van der Waals surface area contributed by atoms with Crippen LogP contribution in [0.2, 0.25) is 0 Å². The summed E-state index contributed by atoms with van der Waals surface area (Å²) in [5, 5.41) is 0. The molecule has 0 amide bonds. The van der Waals surface area contributed by atoms with Gasteiger partial charge in [-0.1, -0.05) is 6.07 Å². The average Bonchev–Trinajstić information content (AvgIpc) is 2.17. The van der Waals surface area contributed by atoms with Crippen molar-refractivity contribution in [3.63, 3.8) is 0 Å². The molecule has 1 aliphatic heterocycles. The average molecular weight is 206 g/mol. The predicted octanol–water partition coefficient (Wildman–Crippen LogP) is 1.48. The van der Waals surface area contributed by atoms with E-state index < -0.39 is 0 Å². The van der Waals surface area contributed by atoms with E-state index >= 15 is 0 Å². The predicted molar refractivity (Wildman–Crippen MR) is 59.6 cm³/mol. The number of hydrogen-bond acceptors (Lipinski definition) is 3. The summed E-state index contributed by atoms with van der Waals surface area (Å²) in [5.74, 6) is 0. The van der Waals surface area contributed by atoms with Gasteiger partial charge in [-0.05, 0) is 31.9 Å². The van der Waals surface area contributed by atoms with Gasteiger partial charge in [0.25, 0.3) is 0 Å². The van der Waals surface area contributed by atoms with Crippen LogP contribution in [-0.4, -0.2) is 24.2 Å². The molecule has 1 aliphatic rings. The van der Waals surface area contributed by atoms with Gasteiger partial charge in [0.2, 0.25) is 0 Å². The lowest BCUT2D eigenvalue weighted by Crippen LogP contribution is -2.48. The van der Waals surface area contributed by atoms with E-state index in [0.717, 1.165) is 31.7 Å². The summed E-state index contributed by atoms with van der Waals surface area (Å²) in [6.45, 7) is 3.62. The quantitative estimate of drug-likeness (QED) is 0.811. The first-order valence-electron chi connectivity index (χ1n) is 5.48. The van der Waals surface area contributed by atoms with Crippen molar-refractivity contribution in [3.8, 4) is 0 Å². The molecule has 2 N–H and O–H groups in total. The lowest BCUT2D eigenvalue weighted by atomic mass is 9.77. The molecule has 1 aromatic rings. The van der Waals surface area contributed by atoms with E-state index in [1.54, 1.807) is 0 Å². The molecule has 2 rings (SSSR count). The van der Waals surface area contributed by atoms with Crippen LogP contribution in [0.25, 0.3) is 0 Å². The van der Waals surface area contributed by atoms with Crippen LogP contribution in [0.15, 0.2) is 24.4 Å². The lowest BCUT2D eigenvalue weighted by molar-refractivity contribution is -0.0678. The monoisotopic (exact) mass is 206 g/mol. The second kappa shape index (κ2) is 4.29. The highest BCUT2D eigenvalue weighted by Gasteiger charge is 2.41. The Bertz CT molecular complexity index is 307. The SMILES string of the molecule is CC(N)CCC1(c2ccccn2)COC1. The van der Waals surface area contributed by atoms with Gasteiger partial charge in [-0.25, -0.2) is 0 Å². The van der Waals surface area contributed by atoms with Crippen LogP contribution in [-0.2, 0) is 10.2 Å². The number of ether oxygens (including phenoxy) is 1. The van der Waals surface area contributed by atoms with Crippen molar-refractivity contribution in [2.45, 2.75) is 31.2 Å². The summed E-state index contributed by atoms with van der Waals surface area (Å²) < 4.78 is 5.34. The van der Waals surface area contributed by atoms with Gasteiger partial charge in [0.1, 0.15) is 0 Å². The van der Waals surface area contributed by atoms with Crippen LogP contribution < -0.4 is 5.73 Å². The lowest BCUT2D eigenvalue weighted by Gasteiger charge is -2.41. The zero-order valence-corrected chi connectivity index (χ0v) is 9.15. The molecule has 1 aromatic heterocycles. The maximum atomic E-state index is 5.80. The van der Waals surface area contributed by atoms with Gasteiger partial charge in [-0.3, -0.25) is 4.98 Å². The number of nitrogens with zero attached hydrogens (tertiary/aromatic N) is 1. The Labute approximate surface area is 90.7 Å². The third kappa shape index (κ3) is 2.19. The van der Waals surface area contributed by atoms with Gasteiger partial charge < -0.3 is 10.5 Å². The molecule has 0 radical (unpaired) electrons. The second-order valence-electron chi connectivity index (χ2n) is 4.50. The van der Waals surface area contributed by atoms with Crippen molar-refractivity contribution in [3.05, 3.63) is 30.1 Å². The van der Waals surface area contributed by atoms with Crippen molar-refractivity contribution in [2.24, 2.45) is 5.73 Å². The van der Waals surface area contributed by atoms with E-state index in [0.29, 0.717) is 0 Å². The van der Waals surface area contributed by atoms with E-state index in [2.05, 4.69) is 11.1 Å². The highest BCUT2D eigenvalue weighted by atomic mass is 16.5. The van der Waals surface area contributed by atoms with Crippen molar-refractivity contribution < 1.29 is 4.74 Å². The van der Waals surface area contributed by atoms with Gasteiger partial charge in [0.05, 0.1) is 24.3 Å². The van der Waals surface area contributed by atoms with E-state index in [1.807, 2.05) is 25.3 Å². The smallest absolute Gasteiger partial charge is 0.0600 e. The molecule has 1 saturated heterocycles. The molecular formula is C12H18N2O. The molecule has 82 valence electrons. The zero-order chi connectivity index (χ0) is 10.7. The molecule has 15 heavy (non-hydrogen) atoms. The minimum absolute atomic E-state index is 0.134. The third-order valence-corrected chi connectivity index (χ3v) is 3.04. The molecule has 1 atom stereocenters. The molecule has 1 unspecified atom stereocenters. The van der Waals surface area contributed by atoms with Crippen LogP contribution >= 0.6 is 0 Å². The molecule has 0 bridgehead atoms. The van der Waals surface area contributed by atoms with Gasteiger partial charge in [-0.15, -0.1) is 0 Å². The Balaban J connectivity index is 2.08. The number of aromatic nitrogens is 1. The standard InChI is InChI=1S/C12H18N2O/c1-10(13)5-6-12(8-15-9-12)11-4-2-3-7-14-11/h2-4,7,10H,5-6,8-9,13H2,1H3. The summed E-state index contributed by atoms with van der Waals surface area (Å²) in [5.41, 5.74) is 7.08. The summed E-state index contributed by atoms with van der Waals surface area (Å²) in [6, 6.07) is 6.33. The summed E-state index contributed by atoms with van der Waals surface area (Å²) >= 11 is 0. The fourth-order valence-corrected chi connectivity index (χ4v) is 1.95. The molecule has 2 heterocycles. The fraction of sp³-hybridized carbons (Fsp3) is 0.583. The number of rotatable bonds is 4. The molecule has 3 heteroatoms. The minimum Gasteiger partial charge on any atom is -0.379 e. The van der Waals surface area contributed by atoms with E-state index in [4.69, 9.17) is 10.5 Å². The minimum atomic E-state index is 0.134. The van der Waals surface area contributed by atoms with Crippen LogP contribution in [0, 0.1) is 0 Å². The summed E-state index contributed by atoms with van der Waals surface area (Å²) in [7, 11) is 0. The molecule has 0 saturated carbocycles. The number of pyridine rings is 1. The largest absolute Gasteiger partial charge is 0.379 e. The zero-order valence-electron chi connectivity index (χ0n) is 9.15. The summed E-state index contributed by atoms with van der Waals surface area (Å²) in [4.78, 5) is 4.43. The normalized spacial score (nSPS) is 20.7. The Morgan fingerprint density at radius 1 is 1.53 bits per heavy atom. The highest BCUT2D eigenvalue weighted by Crippen LogP contribution is 2.35. The third-order valence-electron chi connectivity index (χ3n) is 3.04. The Morgan fingerprint density at radius 3 is 2.80 bits per heavy atom. The topological polar surface area (TPSA) is 48.1 Å². The molecule has 0 spiro atoms. The second-order valence-corrected chi connectivity index (χ2v) is 4.50. The maximum Gasteiger partial charge on any atom is 0.0600 e. The molecule has 3 nitrogen and oxygen atoms in total. The van der Waals surface area contributed by atoms with E-state index in [1.165, 1.54) is 0 Å². The highest BCUT2D eigenvalue weighted by molar-refractivity contribution is 5.20. The Kier molecular flexibility index (Phi) is 3.03. The van der Waals surface area contributed by atoms with Crippen LogP contribution in [0.4, 0.5) is 0 Å². The van der Waals surface area contributed by atoms with Crippen LogP contribution in [0.5, 0.6) is 0 Å². The molecular weight excluding hydrogens is 188 g/mol. The number of nitrogens with two attached hydrogens (primary N) is 1. The van der Waals surface area contributed by atoms with Gasteiger partial charge >= 0.3 is 0 Å². The first kappa shape index (κ1) is 10.6. The summed E-state index contributed by atoms with van der Waals surface area (Å²) in [6.07, 6.45) is 3.95. The first-order chi connectivity index (χ1) is 7.23. The van der Waals surface area contributed by atoms with Gasteiger partial charge in [0.15, 0.2) is 0 Å².